The van der Waals surface area contributed by atoms with Gasteiger partial charge in [0.15, 0.2) is 0 Å². The van der Waals surface area contributed by atoms with E-state index in [9.17, 15) is 4.79 Å². The molecule has 0 aromatic carbocycles. The van der Waals surface area contributed by atoms with Crippen molar-refractivity contribution in [3.8, 4) is 0 Å². The fraction of sp³-hybridized carbons (Fsp3) is 0.923. The van der Waals surface area contributed by atoms with Crippen molar-refractivity contribution in [2.75, 3.05) is 19.6 Å². The van der Waals surface area contributed by atoms with Gasteiger partial charge in [0.25, 0.3) is 0 Å². The third-order valence-corrected chi connectivity index (χ3v) is 4.93. The summed E-state index contributed by atoms with van der Waals surface area (Å²) in [6.45, 7) is 3.31. The Kier molecular flexibility index (Phi) is 7.27. The van der Waals surface area contributed by atoms with E-state index in [1.807, 2.05) is 0 Å². The highest BCUT2D eigenvalue weighted by molar-refractivity contribution is 9.10. The minimum atomic E-state index is 0. The van der Waals surface area contributed by atoms with Crippen LogP contribution in [-0.2, 0) is 4.79 Å². The van der Waals surface area contributed by atoms with Gasteiger partial charge in [0, 0.05) is 19.5 Å². The van der Waals surface area contributed by atoms with Gasteiger partial charge in [-0.3, -0.25) is 4.79 Å². The maximum absolute atomic E-state index is 11.6. The molecule has 1 aliphatic heterocycles. The van der Waals surface area contributed by atoms with Crippen LogP contribution < -0.4 is 0 Å². The molecule has 0 radical (unpaired) electrons. The predicted molar refractivity (Wildman–Crippen MR) is 80.3 cm³/mol. The molecule has 0 amide bonds. The van der Waals surface area contributed by atoms with Gasteiger partial charge >= 0.3 is 0 Å². The van der Waals surface area contributed by atoms with Crippen LogP contribution in [0.4, 0.5) is 0 Å². The normalized spacial score (nSPS) is 28.5. The van der Waals surface area contributed by atoms with Gasteiger partial charge in [0.2, 0.25) is 0 Å². The second-order valence-electron chi connectivity index (χ2n) is 5.28. The number of ketones is 1. The number of carbonyl (C=O) groups is 1. The molecule has 0 bridgehead atoms. The molecule has 4 heteroatoms. The molecule has 1 saturated carbocycles. The van der Waals surface area contributed by atoms with Gasteiger partial charge in [0.1, 0.15) is 5.78 Å². The standard InChI is InChI=1S/C13H22BrNO.BrH/c14-12-6-8-15(9-7-13(12)16)10-11-4-2-1-3-5-11;/h11-12H,1-10H2;1H. The summed E-state index contributed by atoms with van der Waals surface area (Å²) in [4.78, 5) is 14.2. The third kappa shape index (κ3) is 4.99. The Morgan fingerprint density at radius 3 is 2.53 bits per heavy atom. The maximum atomic E-state index is 11.6. The van der Waals surface area contributed by atoms with E-state index in [4.69, 9.17) is 0 Å². The number of halogens is 2. The summed E-state index contributed by atoms with van der Waals surface area (Å²) in [5.41, 5.74) is 0. The number of nitrogens with zero attached hydrogens (tertiary/aromatic N) is 1. The number of hydrogen-bond donors (Lipinski definition) is 0. The van der Waals surface area contributed by atoms with E-state index < -0.39 is 0 Å². The van der Waals surface area contributed by atoms with Crippen LogP contribution in [0.3, 0.4) is 0 Å². The molecular formula is C13H23Br2NO. The molecule has 1 heterocycles. The number of carbonyl (C=O) groups excluding carboxylic acids is 1. The van der Waals surface area contributed by atoms with Crippen LogP contribution in [0.25, 0.3) is 0 Å². The van der Waals surface area contributed by atoms with Gasteiger partial charge in [-0.05, 0) is 31.7 Å². The van der Waals surface area contributed by atoms with Crippen molar-refractivity contribution in [1.82, 2.24) is 4.90 Å². The minimum absolute atomic E-state index is 0. The van der Waals surface area contributed by atoms with E-state index in [1.165, 1.54) is 38.6 Å². The van der Waals surface area contributed by atoms with Gasteiger partial charge in [0.05, 0.1) is 4.83 Å². The van der Waals surface area contributed by atoms with Crippen molar-refractivity contribution in [2.24, 2.45) is 5.92 Å². The maximum Gasteiger partial charge on any atom is 0.147 e. The van der Waals surface area contributed by atoms with Gasteiger partial charge in [-0.25, -0.2) is 0 Å². The van der Waals surface area contributed by atoms with Crippen molar-refractivity contribution in [1.29, 1.82) is 0 Å². The molecule has 1 unspecified atom stereocenters. The molecule has 0 aromatic heterocycles. The van der Waals surface area contributed by atoms with Gasteiger partial charge in [-0.2, -0.15) is 0 Å². The van der Waals surface area contributed by atoms with Crippen LogP contribution in [0.5, 0.6) is 0 Å². The second kappa shape index (κ2) is 7.90. The smallest absolute Gasteiger partial charge is 0.147 e. The van der Waals surface area contributed by atoms with Crippen molar-refractivity contribution >= 4 is 38.7 Å². The highest BCUT2D eigenvalue weighted by Gasteiger charge is 2.23. The summed E-state index contributed by atoms with van der Waals surface area (Å²) in [5.74, 6) is 1.29. The van der Waals surface area contributed by atoms with Gasteiger partial charge < -0.3 is 4.90 Å². The molecule has 1 saturated heterocycles. The summed E-state index contributed by atoms with van der Waals surface area (Å²) in [6, 6.07) is 0. The first-order chi connectivity index (χ1) is 7.75. The number of likely N-dealkylation sites (tertiary alicyclic amines) is 1. The first-order valence-electron chi connectivity index (χ1n) is 6.65. The molecule has 2 nitrogen and oxygen atoms in total. The molecule has 1 aliphatic carbocycles. The summed E-state index contributed by atoms with van der Waals surface area (Å²) in [6.07, 6.45) is 8.80. The predicted octanol–water partition coefficient (Wildman–Crippen LogP) is 3.57. The molecule has 2 aliphatic rings. The number of rotatable bonds is 2. The molecule has 17 heavy (non-hydrogen) atoms. The second-order valence-corrected chi connectivity index (χ2v) is 6.38. The van der Waals surface area contributed by atoms with Gasteiger partial charge in [-0.1, -0.05) is 35.2 Å². The van der Waals surface area contributed by atoms with Crippen LogP contribution >= 0.6 is 32.9 Å². The van der Waals surface area contributed by atoms with Gasteiger partial charge in [-0.15, -0.1) is 17.0 Å². The Bertz CT molecular complexity index is 242. The number of hydrogen-bond acceptors (Lipinski definition) is 2. The Hall–Kier alpha value is 0.590. The van der Waals surface area contributed by atoms with E-state index in [-0.39, 0.29) is 21.8 Å². The lowest BCUT2D eigenvalue weighted by Gasteiger charge is -2.28. The molecule has 1 atom stereocenters. The SMILES string of the molecule is Br.O=C1CCN(CC2CCCCC2)CCC1Br. The average Bonchev–Trinajstić information content (AvgIpc) is 2.46. The monoisotopic (exact) mass is 367 g/mol. The van der Waals surface area contributed by atoms with Crippen molar-refractivity contribution < 1.29 is 4.79 Å². The lowest BCUT2D eigenvalue weighted by Crippen LogP contribution is -2.31. The lowest BCUT2D eigenvalue weighted by atomic mass is 9.89. The zero-order valence-corrected chi connectivity index (χ0v) is 13.7. The molecule has 0 spiro atoms. The molecule has 100 valence electrons. The highest BCUT2D eigenvalue weighted by Crippen LogP contribution is 2.25. The third-order valence-electron chi connectivity index (χ3n) is 3.96. The van der Waals surface area contributed by atoms with E-state index in [0.717, 1.165) is 31.8 Å². The van der Waals surface area contributed by atoms with Crippen LogP contribution in [0.15, 0.2) is 0 Å². The zero-order chi connectivity index (χ0) is 11.4. The first-order valence-corrected chi connectivity index (χ1v) is 7.56. The quantitative estimate of drug-likeness (QED) is 0.694. The van der Waals surface area contributed by atoms with E-state index in [1.54, 1.807) is 0 Å². The average molecular weight is 369 g/mol. The molecule has 0 aromatic rings. The van der Waals surface area contributed by atoms with Crippen LogP contribution in [-0.4, -0.2) is 35.1 Å². The minimum Gasteiger partial charge on any atom is -0.303 e. The van der Waals surface area contributed by atoms with Crippen molar-refractivity contribution in [3.63, 3.8) is 0 Å². The van der Waals surface area contributed by atoms with E-state index in [0.29, 0.717) is 5.78 Å². The van der Waals surface area contributed by atoms with E-state index in [2.05, 4.69) is 20.8 Å². The zero-order valence-electron chi connectivity index (χ0n) is 10.4. The fourth-order valence-corrected chi connectivity index (χ4v) is 3.34. The molecule has 2 rings (SSSR count). The van der Waals surface area contributed by atoms with Crippen LogP contribution in [0.1, 0.15) is 44.9 Å². The number of alkyl halides is 1. The summed E-state index contributed by atoms with van der Waals surface area (Å²) in [5, 5.41) is 0. The first kappa shape index (κ1) is 15.6. The molecule has 0 N–H and O–H groups in total. The van der Waals surface area contributed by atoms with Crippen molar-refractivity contribution in [2.45, 2.75) is 49.8 Å². The van der Waals surface area contributed by atoms with Crippen molar-refractivity contribution in [3.05, 3.63) is 0 Å². The largest absolute Gasteiger partial charge is 0.303 e. The Balaban J connectivity index is 0.00000144. The summed E-state index contributed by atoms with van der Waals surface area (Å²) in [7, 11) is 0. The highest BCUT2D eigenvalue weighted by atomic mass is 79.9. The summed E-state index contributed by atoms with van der Waals surface area (Å²) >= 11 is 3.48. The van der Waals surface area contributed by atoms with Crippen LogP contribution in [0, 0.1) is 5.92 Å². The number of Topliss-reactive ketones (excluding diaryl/α,β-unsaturated/α-hetero) is 1. The Labute approximate surface area is 123 Å². The lowest BCUT2D eigenvalue weighted by molar-refractivity contribution is -0.118. The van der Waals surface area contributed by atoms with E-state index >= 15 is 0 Å². The van der Waals surface area contributed by atoms with Crippen LogP contribution in [0.2, 0.25) is 0 Å². The fourth-order valence-electron chi connectivity index (χ4n) is 2.91. The molecular weight excluding hydrogens is 346 g/mol. The summed E-state index contributed by atoms with van der Waals surface area (Å²) < 4.78 is 0. The topological polar surface area (TPSA) is 20.3 Å². The molecule has 2 fully saturated rings. The Morgan fingerprint density at radius 1 is 1.12 bits per heavy atom. The Morgan fingerprint density at radius 2 is 1.82 bits per heavy atom.